The third-order valence-corrected chi connectivity index (χ3v) is 6.01. The van der Waals surface area contributed by atoms with Crippen LogP contribution in [0.2, 0.25) is 0 Å². The van der Waals surface area contributed by atoms with Gasteiger partial charge in [-0.1, -0.05) is 6.92 Å². The van der Waals surface area contributed by atoms with Gasteiger partial charge < -0.3 is 25.6 Å². The van der Waals surface area contributed by atoms with Gasteiger partial charge in [-0.25, -0.2) is 4.79 Å². The normalized spacial score (nSPS) is 24.0. The Kier molecular flexibility index (Phi) is 12.4. The van der Waals surface area contributed by atoms with Crippen molar-refractivity contribution < 1.29 is 9.53 Å². The van der Waals surface area contributed by atoms with Crippen LogP contribution in [0, 0.1) is 5.92 Å². The van der Waals surface area contributed by atoms with Gasteiger partial charge in [0.2, 0.25) is 0 Å². The maximum absolute atomic E-state index is 11.9. The molecule has 1 aliphatic carbocycles. The summed E-state index contributed by atoms with van der Waals surface area (Å²) in [6.07, 6.45) is 7.51. The van der Waals surface area contributed by atoms with Gasteiger partial charge in [0.05, 0.1) is 0 Å². The Morgan fingerprint density at radius 3 is 2.10 bits per heavy atom. The zero-order chi connectivity index (χ0) is 21.3. The van der Waals surface area contributed by atoms with Crippen LogP contribution in [0.5, 0.6) is 0 Å². The Morgan fingerprint density at radius 1 is 1.03 bits per heavy atom. The van der Waals surface area contributed by atoms with Crippen molar-refractivity contribution in [1.29, 1.82) is 0 Å². The second kappa shape index (κ2) is 13.6. The molecule has 0 radical (unpaired) electrons. The van der Waals surface area contributed by atoms with E-state index in [2.05, 4.69) is 32.8 Å². The SMILES string of the molecule is CCN1CCC(CCNC(=NC)NC2CCC(NC(=O)OC(C)(C)C)CC2)CC1.I. The number of halogens is 1. The number of piperidine rings is 1. The van der Waals surface area contributed by atoms with E-state index in [-0.39, 0.29) is 36.1 Å². The van der Waals surface area contributed by atoms with E-state index in [1.54, 1.807) is 0 Å². The van der Waals surface area contributed by atoms with Gasteiger partial charge in [0.25, 0.3) is 0 Å². The van der Waals surface area contributed by atoms with Crippen LogP contribution in [0.1, 0.15) is 72.6 Å². The fraction of sp³-hybridized carbons (Fsp3) is 0.909. The van der Waals surface area contributed by atoms with Crippen LogP contribution in [0.4, 0.5) is 4.79 Å². The fourth-order valence-electron chi connectivity index (χ4n) is 4.23. The highest BCUT2D eigenvalue weighted by Crippen LogP contribution is 2.20. The standard InChI is InChI=1S/C22H43N5O2.HI/c1-6-27-15-12-17(13-16-27)11-14-24-20(23-5)25-18-7-9-19(10-8-18)26-21(28)29-22(2,3)4;/h17-19H,6-16H2,1-5H3,(H,26,28)(H2,23,24,25);1H. The summed E-state index contributed by atoms with van der Waals surface area (Å²) in [7, 11) is 1.84. The minimum Gasteiger partial charge on any atom is -0.444 e. The predicted octanol–water partition coefficient (Wildman–Crippen LogP) is 3.73. The molecule has 30 heavy (non-hydrogen) atoms. The summed E-state index contributed by atoms with van der Waals surface area (Å²) < 4.78 is 5.36. The molecule has 1 aliphatic heterocycles. The number of nitrogens with one attached hydrogen (secondary N) is 3. The third kappa shape index (κ3) is 10.5. The van der Waals surface area contributed by atoms with Gasteiger partial charge in [-0.2, -0.15) is 0 Å². The molecule has 1 amide bonds. The zero-order valence-corrected chi connectivity index (χ0v) is 22.0. The number of alkyl carbamates (subject to hydrolysis) is 1. The average molecular weight is 538 g/mol. The first-order valence-electron chi connectivity index (χ1n) is 11.5. The van der Waals surface area contributed by atoms with Crippen LogP contribution in [0.25, 0.3) is 0 Å². The van der Waals surface area contributed by atoms with Gasteiger partial charge in [-0.05, 0) is 91.3 Å². The van der Waals surface area contributed by atoms with Crippen LogP contribution >= 0.6 is 24.0 Å². The van der Waals surface area contributed by atoms with E-state index in [9.17, 15) is 4.79 Å². The van der Waals surface area contributed by atoms with Crippen molar-refractivity contribution in [1.82, 2.24) is 20.9 Å². The Balaban J connectivity index is 0.00000450. The molecule has 2 aliphatic rings. The van der Waals surface area contributed by atoms with Crippen molar-refractivity contribution in [3.05, 3.63) is 0 Å². The molecule has 3 N–H and O–H groups in total. The number of amides is 1. The molecular formula is C22H44IN5O2. The van der Waals surface area contributed by atoms with E-state index in [4.69, 9.17) is 4.74 Å². The van der Waals surface area contributed by atoms with E-state index in [1.165, 1.54) is 38.9 Å². The summed E-state index contributed by atoms with van der Waals surface area (Å²) in [5.41, 5.74) is -0.450. The molecule has 8 heteroatoms. The van der Waals surface area contributed by atoms with Crippen molar-refractivity contribution in [3.63, 3.8) is 0 Å². The van der Waals surface area contributed by atoms with E-state index in [0.29, 0.717) is 6.04 Å². The van der Waals surface area contributed by atoms with E-state index >= 15 is 0 Å². The lowest BCUT2D eigenvalue weighted by atomic mass is 9.91. The van der Waals surface area contributed by atoms with Gasteiger partial charge in [0.15, 0.2) is 5.96 Å². The van der Waals surface area contributed by atoms with E-state index < -0.39 is 5.60 Å². The lowest BCUT2D eigenvalue weighted by Crippen LogP contribution is -2.48. The summed E-state index contributed by atoms with van der Waals surface area (Å²) in [5.74, 6) is 1.73. The molecular weight excluding hydrogens is 493 g/mol. The molecule has 1 saturated carbocycles. The maximum atomic E-state index is 11.9. The second-order valence-electron chi connectivity index (χ2n) is 9.50. The van der Waals surface area contributed by atoms with Gasteiger partial charge in [0, 0.05) is 25.7 Å². The van der Waals surface area contributed by atoms with Crippen molar-refractivity contribution >= 4 is 36.0 Å². The molecule has 7 nitrogen and oxygen atoms in total. The van der Waals surface area contributed by atoms with Gasteiger partial charge in [0.1, 0.15) is 5.60 Å². The molecule has 0 bridgehead atoms. The molecule has 1 saturated heterocycles. The van der Waals surface area contributed by atoms with E-state index in [1.807, 2.05) is 27.8 Å². The van der Waals surface area contributed by atoms with Crippen molar-refractivity contribution in [2.75, 3.05) is 33.2 Å². The minimum atomic E-state index is -0.450. The predicted molar refractivity (Wildman–Crippen MR) is 135 cm³/mol. The largest absolute Gasteiger partial charge is 0.444 e. The molecule has 176 valence electrons. The summed E-state index contributed by atoms with van der Waals surface area (Å²) in [6, 6.07) is 0.609. The first kappa shape index (κ1) is 27.3. The molecule has 0 aromatic heterocycles. The number of nitrogens with zero attached hydrogens (tertiary/aromatic N) is 2. The highest BCUT2D eigenvalue weighted by Gasteiger charge is 2.25. The molecule has 0 unspecified atom stereocenters. The number of aliphatic imine (C=N–C) groups is 1. The Labute approximate surface area is 200 Å². The Morgan fingerprint density at radius 2 is 1.60 bits per heavy atom. The maximum Gasteiger partial charge on any atom is 0.407 e. The number of rotatable bonds is 6. The van der Waals surface area contributed by atoms with Crippen LogP contribution in [-0.4, -0.2) is 67.9 Å². The van der Waals surface area contributed by atoms with Crippen LogP contribution in [0.3, 0.4) is 0 Å². The number of hydrogen-bond acceptors (Lipinski definition) is 4. The van der Waals surface area contributed by atoms with Crippen molar-refractivity contribution in [2.45, 2.75) is 90.3 Å². The number of carbonyl (C=O) groups is 1. The minimum absolute atomic E-state index is 0. The van der Waals surface area contributed by atoms with Gasteiger partial charge in [-0.3, -0.25) is 4.99 Å². The summed E-state index contributed by atoms with van der Waals surface area (Å²) in [6.45, 7) is 12.6. The smallest absolute Gasteiger partial charge is 0.407 e. The van der Waals surface area contributed by atoms with Crippen LogP contribution < -0.4 is 16.0 Å². The molecule has 0 atom stereocenters. The molecule has 0 spiro atoms. The number of likely N-dealkylation sites (tertiary alicyclic amines) is 1. The van der Waals surface area contributed by atoms with Crippen molar-refractivity contribution in [3.8, 4) is 0 Å². The lowest BCUT2D eigenvalue weighted by molar-refractivity contribution is 0.0490. The Bertz CT molecular complexity index is 522. The summed E-state index contributed by atoms with van der Waals surface area (Å²) in [5, 5.41) is 10.1. The third-order valence-electron chi connectivity index (χ3n) is 6.01. The first-order chi connectivity index (χ1) is 13.8. The second-order valence-corrected chi connectivity index (χ2v) is 9.50. The summed E-state index contributed by atoms with van der Waals surface area (Å²) >= 11 is 0. The number of ether oxygens (including phenoxy) is 1. The van der Waals surface area contributed by atoms with Gasteiger partial charge in [-0.15, -0.1) is 24.0 Å². The topological polar surface area (TPSA) is 78.0 Å². The van der Waals surface area contributed by atoms with E-state index in [0.717, 1.165) is 44.1 Å². The highest BCUT2D eigenvalue weighted by atomic mass is 127. The fourth-order valence-corrected chi connectivity index (χ4v) is 4.23. The quantitative estimate of drug-likeness (QED) is 0.274. The van der Waals surface area contributed by atoms with Crippen LogP contribution in [-0.2, 0) is 4.74 Å². The first-order valence-corrected chi connectivity index (χ1v) is 11.5. The average Bonchev–Trinajstić information content (AvgIpc) is 2.67. The molecule has 2 rings (SSSR count). The molecule has 1 heterocycles. The number of guanidine groups is 1. The van der Waals surface area contributed by atoms with Gasteiger partial charge >= 0.3 is 6.09 Å². The number of hydrogen-bond donors (Lipinski definition) is 3. The summed E-state index contributed by atoms with van der Waals surface area (Å²) in [4.78, 5) is 18.9. The monoisotopic (exact) mass is 537 g/mol. The molecule has 0 aromatic carbocycles. The Hall–Kier alpha value is -0.770. The lowest BCUT2D eigenvalue weighted by Gasteiger charge is -2.32. The zero-order valence-electron chi connectivity index (χ0n) is 19.6. The molecule has 2 fully saturated rings. The number of carbonyl (C=O) groups excluding carboxylic acids is 1. The van der Waals surface area contributed by atoms with Crippen molar-refractivity contribution in [2.24, 2.45) is 10.9 Å². The molecule has 0 aromatic rings. The highest BCUT2D eigenvalue weighted by molar-refractivity contribution is 14.0. The van der Waals surface area contributed by atoms with Crippen LogP contribution in [0.15, 0.2) is 4.99 Å².